The predicted octanol–water partition coefficient (Wildman–Crippen LogP) is 2.22. The minimum atomic E-state index is -0.423. The minimum absolute atomic E-state index is 0.187. The van der Waals surface area contributed by atoms with Gasteiger partial charge in [-0.2, -0.15) is 0 Å². The third kappa shape index (κ3) is 4.17. The van der Waals surface area contributed by atoms with Crippen molar-refractivity contribution in [2.75, 3.05) is 39.4 Å². The molecule has 3 aliphatic rings. The van der Waals surface area contributed by atoms with E-state index < -0.39 is 5.60 Å². The lowest BCUT2D eigenvalue weighted by Gasteiger charge is -2.43. The molecule has 2 heterocycles. The molecule has 0 unspecified atom stereocenters. The van der Waals surface area contributed by atoms with Gasteiger partial charge in [0.2, 0.25) is 0 Å². The van der Waals surface area contributed by atoms with Crippen molar-refractivity contribution in [2.45, 2.75) is 63.9 Å². The summed E-state index contributed by atoms with van der Waals surface area (Å²) in [6.07, 6.45) is 4.03. The maximum absolute atomic E-state index is 12.1. The van der Waals surface area contributed by atoms with Gasteiger partial charge in [-0.15, -0.1) is 0 Å². The van der Waals surface area contributed by atoms with Gasteiger partial charge < -0.3 is 19.1 Å². The first-order chi connectivity index (χ1) is 10.9. The van der Waals surface area contributed by atoms with Crippen LogP contribution in [0, 0.1) is 0 Å². The summed E-state index contributed by atoms with van der Waals surface area (Å²) >= 11 is 0. The molecular weight excluding hydrogens is 296 g/mol. The number of hydrogen-bond acceptors (Lipinski definition) is 5. The fourth-order valence-electron chi connectivity index (χ4n) is 3.79. The second-order valence-corrected chi connectivity index (χ2v) is 7.84. The first kappa shape index (κ1) is 17.0. The smallest absolute Gasteiger partial charge is 0.410 e. The lowest BCUT2D eigenvalue weighted by atomic mass is 9.89. The van der Waals surface area contributed by atoms with Crippen molar-refractivity contribution < 1.29 is 19.0 Å². The molecular formula is C17H30N2O4. The molecule has 0 N–H and O–H groups in total. The van der Waals surface area contributed by atoms with E-state index in [1.807, 2.05) is 25.7 Å². The second kappa shape index (κ2) is 6.57. The number of amides is 1. The summed E-state index contributed by atoms with van der Waals surface area (Å²) in [6.45, 7) is 10.6. The van der Waals surface area contributed by atoms with E-state index in [2.05, 4.69) is 4.90 Å². The molecule has 6 heteroatoms. The van der Waals surface area contributed by atoms with Crippen LogP contribution in [0.1, 0.15) is 46.5 Å². The van der Waals surface area contributed by atoms with E-state index in [9.17, 15) is 4.79 Å². The lowest BCUT2D eigenvalue weighted by molar-refractivity contribution is -0.184. The number of nitrogens with zero attached hydrogens (tertiary/aromatic N) is 2. The zero-order valence-electron chi connectivity index (χ0n) is 14.7. The van der Waals surface area contributed by atoms with Crippen LogP contribution in [0.5, 0.6) is 0 Å². The normalized spacial score (nSPS) is 26.7. The molecule has 0 aromatic rings. The first-order valence-corrected chi connectivity index (χ1v) is 8.87. The highest BCUT2D eigenvalue weighted by molar-refractivity contribution is 5.68. The average Bonchev–Trinajstić information content (AvgIpc) is 2.95. The molecule has 3 fully saturated rings. The number of hydrogen-bond donors (Lipinski definition) is 0. The van der Waals surface area contributed by atoms with Gasteiger partial charge in [0.15, 0.2) is 5.79 Å². The van der Waals surface area contributed by atoms with Crippen molar-refractivity contribution in [3.63, 3.8) is 0 Å². The Kier molecular flexibility index (Phi) is 4.85. The van der Waals surface area contributed by atoms with Gasteiger partial charge in [0.1, 0.15) is 5.60 Å². The molecule has 0 radical (unpaired) electrons. The third-order valence-corrected chi connectivity index (χ3v) is 5.01. The van der Waals surface area contributed by atoms with Crippen molar-refractivity contribution >= 4 is 6.09 Å². The predicted molar refractivity (Wildman–Crippen MR) is 86.3 cm³/mol. The van der Waals surface area contributed by atoms with E-state index in [4.69, 9.17) is 14.2 Å². The Bertz CT molecular complexity index is 411. The summed E-state index contributed by atoms with van der Waals surface area (Å²) < 4.78 is 17.1. The van der Waals surface area contributed by atoms with Crippen LogP contribution in [0.15, 0.2) is 0 Å². The van der Waals surface area contributed by atoms with Crippen molar-refractivity contribution in [1.29, 1.82) is 0 Å². The quantitative estimate of drug-likeness (QED) is 0.739. The first-order valence-electron chi connectivity index (χ1n) is 8.87. The van der Waals surface area contributed by atoms with Gasteiger partial charge in [-0.05, 0) is 33.6 Å². The van der Waals surface area contributed by atoms with Gasteiger partial charge in [-0.1, -0.05) is 0 Å². The maximum atomic E-state index is 12.1. The minimum Gasteiger partial charge on any atom is -0.444 e. The summed E-state index contributed by atoms with van der Waals surface area (Å²) in [5, 5.41) is 0. The zero-order valence-corrected chi connectivity index (χ0v) is 14.7. The Labute approximate surface area is 139 Å². The largest absolute Gasteiger partial charge is 0.444 e. The van der Waals surface area contributed by atoms with Crippen molar-refractivity contribution in [3.05, 3.63) is 0 Å². The summed E-state index contributed by atoms with van der Waals surface area (Å²) in [5.41, 5.74) is -0.423. The molecule has 6 nitrogen and oxygen atoms in total. The van der Waals surface area contributed by atoms with Crippen LogP contribution in [0.25, 0.3) is 0 Å². The topological polar surface area (TPSA) is 51.2 Å². The van der Waals surface area contributed by atoms with Gasteiger partial charge >= 0.3 is 6.09 Å². The van der Waals surface area contributed by atoms with Crippen molar-refractivity contribution in [2.24, 2.45) is 0 Å². The fourth-order valence-corrected chi connectivity index (χ4v) is 3.79. The van der Waals surface area contributed by atoms with E-state index in [1.54, 1.807) is 0 Å². The van der Waals surface area contributed by atoms with Crippen molar-refractivity contribution in [3.8, 4) is 0 Å². The van der Waals surface area contributed by atoms with Gasteiger partial charge in [0.25, 0.3) is 0 Å². The van der Waals surface area contributed by atoms with E-state index >= 15 is 0 Å². The molecule has 1 spiro atoms. The Hall–Kier alpha value is -0.850. The molecule has 2 saturated heterocycles. The molecule has 0 aromatic heterocycles. The van der Waals surface area contributed by atoms with Gasteiger partial charge in [-0.25, -0.2) is 4.79 Å². The Balaban J connectivity index is 1.44. The molecule has 0 bridgehead atoms. The van der Waals surface area contributed by atoms with Crippen LogP contribution >= 0.6 is 0 Å². The second-order valence-electron chi connectivity index (χ2n) is 7.84. The molecule has 3 rings (SSSR count). The van der Waals surface area contributed by atoms with Crippen LogP contribution in [-0.4, -0.2) is 72.7 Å². The summed E-state index contributed by atoms with van der Waals surface area (Å²) in [4.78, 5) is 16.5. The average molecular weight is 326 g/mol. The van der Waals surface area contributed by atoms with Gasteiger partial charge in [0.05, 0.1) is 13.2 Å². The van der Waals surface area contributed by atoms with Crippen LogP contribution in [-0.2, 0) is 14.2 Å². The van der Waals surface area contributed by atoms with E-state index in [-0.39, 0.29) is 11.9 Å². The number of carbonyl (C=O) groups is 1. The monoisotopic (exact) mass is 326 g/mol. The Morgan fingerprint density at radius 2 is 1.61 bits per heavy atom. The summed E-state index contributed by atoms with van der Waals surface area (Å²) in [6, 6.07) is 0.592. The van der Waals surface area contributed by atoms with Crippen LogP contribution in [0.2, 0.25) is 0 Å². The standard InChI is InChI=1S/C17H30N2O4/c1-16(2,3)23-15(20)19-10-8-18(9-11-19)14-4-6-17(7-5-14)21-12-13-22-17/h14H,4-13H2,1-3H3. The maximum Gasteiger partial charge on any atom is 0.410 e. The van der Waals surface area contributed by atoms with E-state index in [0.717, 1.165) is 65.1 Å². The molecule has 0 atom stereocenters. The van der Waals surface area contributed by atoms with Crippen LogP contribution in [0.3, 0.4) is 0 Å². The van der Waals surface area contributed by atoms with Gasteiger partial charge in [-0.3, -0.25) is 4.90 Å². The van der Waals surface area contributed by atoms with E-state index in [0.29, 0.717) is 6.04 Å². The molecule has 1 amide bonds. The molecule has 1 saturated carbocycles. The number of ether oxygens (including phenoxy) is 3. The van der Waals surface area contributed by atoms with E-state index in [1.165, 1.54) is 0 Å². The molecule has 23 heavy (non-hydrogen) atoms. The highest BCUT2D eigenvalue weighted by atomic mass is 16.7. The molecule has 1 aliphatic carbocycles. The number of rotatable bonds is 1. The zero-order chi connectivity index (χ0) is 16.5. The SMILES string of the molecule is CC(C)(C)OC(=O)N1CCN(C2CCC3(CC2)OCCO3)CC1. The van der Waals surface area contributed by atoms with Gasteiger partial charge in [0, 0.05) is 45.1 Å². The van der Waals surface area contributed by atoms with Crippen LogP contribution in [0.4, 0.5) is 4.79 Å². The lowest BCUT2D eigenvalue weighted by Crippen LogP contribution is -2.54. The Morgan fingerprint density at radius 3 is 2.13 bits per heavy atom. The highest BCUT2D eigenvalue weighted by Gasteiger charge is 2.42. The molecule has 132 valence electrons. The summed E-state index contributed by atoms with van der Waals surface area (Å²) in [7, 11) is 0. The molecule has 0 aromatic carbocycles. The highest BCUT2D eigenvalue weighted by Crippen LogP contribution is 2.37. The number of carbonyl (C=O) groups excluding carboxylic acids is 1. The van der Waals surface area contributed by atoms with Crippen LogP contribution < -0.4 is 0 Å². The number of piperazine rings is 1. The molecule has 2 aliphatic heterocycles. The Morgan fingerprint density at radius 1 is 1.04 bits per heavy atom. The summed E-state index contributed by atoms with van der Waals surface area (Å²) in [5.74, 6) is -0.283. The fraction of sp³-hybridized carbons (Fsp3) is 0.941. The third-order valence-electron chi connectivity index (χ3n) is 5.01. The van der Waals surface area contributed by atoms with Crippen molar-refractivity contribution in [1.82, 2.24) is 9.80 Å².